The van der Waals surface area contributed by atoms with E-state index < -0.39 is 0 Å². The molecular weight excluding hydrogens is 250 g/mol. The summed E-state index contributed by atoms with van der Waals surface area (Å²) in [5.74, 6) is 1.97. The lowest BCUT2D eigenvalue weighted by molar-refractivity contribution is 0.337. The largest absolute Gasteiger partial charge is 0.494 e. The molecule has 3 rings (SSSR count). The van der Waals surface area contributed by atoms with Gasteiger partial charge in [-0.1, -0.05) is 18.2 Å². The number of nitrogens with one attached hydrogen (secondary N) is 1. The maximum atomic E-state index is 5.64. The molecule has 0 saturated carbocycles. The smallest absolute Gasteiger partial charge is 0.124 e. The summed E-state index contributed by atoms with van der Waals surface area (Å²) in [5, 5.41) is 3.45. The molecule has 0 bridgehead atoms. The minimum absolute atomic E-state index is 0.688. The highest BCUT2D eigenvalue weighted by Gasteiger charge is 2.12. The Bertz CT molecular complexity index is 595. The minimum atomic E-state index is 0.688. The summed E-state index contributed by atoms with van der Waals surface area (Å²) < 4.78 is 11.2. The van der Waals surface area contributed by atoms with Gasteiger partial charge in [-0.05, 0) is 36.8 Å². The van der Waals surface area contributed by atoms with Crippen LogP contribution >= 0.6 is 0 Å². The first-order valence-corrected chi connectivity index (χ1v) is 7.07. The number of para-hydroxylation sites is 1. The third kappa shape index (κ3) is 2.72. The molecule has 1 aliphatic rings. The molecule has 3 nitrogen and oxygen atoms in total. The fraction of sp³-hybridized carbons (Fsp3) is 0.294. The van der Waals surface area contributed by atoms with Gasteiger partial charge in [0.05, 0.1) is 13.2 Å². The Balaban J connectivity index is 1.70. The van der Waals surface area contributed by atoms with Crippen molar-refractivity contribution in [3.05, 3.63) is 53.6 Å². The van der Waals surface area contributed by atoms with Crippen molar-refractivity contribution in [2.24, 2.45) is 0 Å². The first-order chi connectivity index (χ1) is 9.86. The number of benzene rings is 2. The van der Waals surface area contributed by atoms with Crippen LogP contribution in [-0.4, -0.2) is 13.2 Å². The molecule has 0 fully saturated rings. The molecule has 0 aliphatic carbocycles. The molecule has 20 heavy (non-hydrogen) atoms. The number of anilines is 1. The summed E-state index contributed by atoms with van der Waals surface area (Å²) in [5.41, 5.74) is 3.58. The molecule has 2 aromatic rings. The van der Waals surface area contributed by atoms with E-state index in [4.69, 9.17) is 9.47 Å². The Morgan fingerprint density at radius 2 is 2.10 bits per heavy atom. The molecule has 104 valence electrons. The lowest BCUT2D eigenvalue weighted by atomic mass is 10.1. The highest BCUT2D eigenvalue weighted by Crippen LogP contribution is 2.28. The second-order valence-corrected chi connectivity index (χ2v) is 4.82. The van der Waals surface area contributed by atoms with Crippen molar-refractivity contribution in [3.8, 4) is 11.5 Å². The summed E-state index contributed by atoms with van der Waals surface area (Å²) in [6, 6.07) is 14.4. The molecule has 0 spiro atoms. The topological polar surface area (TPSA) is 30.5 Å². The van der Waals surface area contributed by atoms with E-state index in [1.165, 1.54) is 11.1 Å². The van der Waals surface area contributed by atoms with Gasteiger partial charge in [0.25, 0.3) is 0 Å². The Labute approximate surface area is 119 Å². The maximum absolute atomic E-state index is 5.64. The molecule has 0 atom stereocenters. The second kappa shape index (κ2) is 5.87. The van der Waals surface area contributed by atoms with E-state index in [1.807, 2.05) is 31.2 Å². The van der Waals surface area contributed by atoms with Gasteiger partial charge in [0.15, 0.2) is 0 Å². The minimum Gasteiger partial charge on any atom is -0.494 e. The fourth-order valence-electron chi connectivity index (χ4n) is 2.44. The van der Waals surface area contributed by atoms with Crippen molar-refractivity contribution in [2.75, 3.05) is 18.5 Å². The number of hydrogen-bond acceptors (Lipinski definition) is 3. The highest BCUT2D eigenvalue weighted by atomic mass is 16.5. The first-order valence-electron chi connectivity index (χ1n) is 7.07. The normalized spacial score (nSPS) is 12.7. The lowest BCUT2D eigenvalue weighted by Gasteiger charge is -2.12. The van der Waals surface area contributed by atoms with Gasteiger partial charge in [-0.25, -0.2) is 0 Å². The van der Waals surface area contributed by atoms with Gasteiger partial charge in [-0.15, -0.1) is 0 Å². The average Bonchev–Trinajstić information content (AvgIpc) is 2.94. The van der Waals surface area contributed by atoms with E-state index in [1.54, 1.807) is 0 Å². The Morgan fingerprint density at radius 3 is 3.00 bits per heavy atom. The van der Waals surface area contributed by atoms with Crippen LogP contribution in [0.15, 0.2) is 42.5 Å². The molecule has 0 saturated heterocycles. The Hall–Kier alpha value is -2.16. The number of hydrogen-bond donors (Lipinski definition) is 1. The van der Waals surface area contributed by atoms with Gasteiger partial charge in [0.2, 0.25) is 0 Å². The van der Waals surface area contributed by atoms with Crippen molar-refractivity contribution < 1.29 is 9.47 Å². The van der Waals surface area contributed by atoms with E-state index >= 15 is 0 Å². The van der Waals surface area contributed by atoms with E-state index in [2.05, 4.69) is 23.5 Å². The van der Waals surface area contributed by atoms with Crippen molar-refractivity contribution in [1.29, 1.82) is 0 Å². The molecule has 0 unspecified atom stereocenters. The van der Waals surface area contributed by atoms with Crippen molar-refractivity contribution in [1.82, 2.24) is 0 Å². The van der Waals surface area contributed by atoms with Gasteiger partial charge >= 0.3 is 0 Å². The van der Waals surface area contributed by atoms with Gasteiger partial charge in [-0.3, -0.25) is 0 Å². The zero-order valence-corrected chi connectivity index (χ0v) is 11.7. The van der Waals surface area contributed by atoms with Crippen molar-refractivity contribution in [2.45, 2.75) is 19.9 Å². The predicted molar refractivity (Wildman–Crippen MR) is 80.6 cm³/mol. The Kier molecular flexibility index (Phi) is 3.77. The van der Waals surface area contributed by atoms with E-state index in [9.17, 15) is 0 Å². The third-order valence-electron chi connectivity index (χ3n) is 3.44. The zero-order valence-electron chi connectivity index (χ0n) is 11.7. The van der Waals surface area contributed by atoms with Crippen LogP contribution in [0.5, 0.6) is 11.5 Å². The first kappa shape index (κ1) is 12.9. The van der Waals surface area contributed by atoms with Crippen LogP contribution in [0.1, 0.15) is 18.1 Å². The van der Waals surface area contributed by atoms with Crippen molar-refractivity contribution >= 4 is 5.69 Å². The molecule has 1 N–H and O–H groups in total. The van der Waals surface area contributed by atoms with Gasteiger partial charge in [0, 0.05) is 24.2 Å². The van der Waals surface area contributed by atoms with E-state index in [0.717, 1.165) is 36.8 Å². The molecule has 1 heterocycles. The summed E-state index contributed by atoms with van der Waals surface area (Å²) in [7, 11) is 0. The SMILES string of the molecule is CCOc1ccccc1CNc1ccc2c(c1)CCO2. The fourth-order valence-corrected chi connectivity index (χ4v) is 2.44. The van der Waals surface area contributed by atoms with Crippen LogP contribution in [0.4, 0.5) is 5.69 Å². The monoisotopic (exact) mass is 269 g/mol. The Morgan fingerprint density at radius 1 is 1.20 bits per heavy atom. The molecule has 1 aliphatic heterocycles. The molecule has 0 aromatic heterocycles. The predicted octanol–water partition coefficient (Wildman–Crippen LogP) is 3.63. The number of rotatable bonds is 5. The summed E-state index contributed by atoms with van der Waals surface area (Å²) in [6.07, 6.45) is 1.00. The lowest BCUT2D eigenvalue weighted by Crippen LogP contribution is -2.03. The number of ether oxygens (including phenoxy) is 2. The second-order valence-electron chi connectivity index (χ2n) is 4.82. The van der Waals surface area contributed by atoms with Crippen LogP contribution in [0.25, 0.3) is 0 Å². The maximum Gasteiger partial charge on any atom is 0.124 e. The third-order valence-corrected chi connectivity index (χ3v) is 3.44. The molecular formula is C17H19NO2. The molecule has 2 aromatic carbocycles. The quantitative estimate of drug-likeness (QED) is 0.899. The number of fused-ring (bicyclic) bond motifs is 1. The zero-order chi connectivity index (χ0) is 13.8. The molecule has 3 heteroatoms. The van der Waals surface area contributed by atoms with E-state index in [0.29, 0.717) is 6.61 Å². The standard InChI is InChI=1S/C17H19NO2/c1-2-19-16-6-4-3-5-14(16)12-18-15-7-8-17-13(11-15)9-10-20-17/h3-8,11,18H,2,9-10,12H2,1H3. The van der Waals surface area contributed by atoms with Crippen LogP contribution in [-0.2, 0) is 13.0 Å². The average molecular weight is 269 g/mol. The summed E-state index contributed by atoms with van der Waals surface area (Å²) >= 11 is 0. The summed E-state index contributed by atoms with van der Waals surface area (Å²) in [6.45, 7) is 4.25. The van der Waals surface area contributed by atoms with Crippen LogP contribution in [0.2, 0.25) is 0 Å². The van der Waals surface area contributed by atoms with Crippen molar-refractivity contribution in [3.63, 3.8) is 0 Å². The van der Waals surface area contributed by atoms with Gasteiger partial charge in [0.1, 0.15) is 11.5 Å². The van der Waals surface area contributed by atoms with Gasteiger partial charge in [-0.2, -0.15) is 0 Å². The van der Waals surface area contributed by atoms with Crippen LogP contribution < -0.4 is 14.8 Å². The van der Waals surface area contributed by atoms with Crippen LogP contribution in [0.3, 0.4) is 0 Å². The highest BCUT2D eigenvalue weighted by molar-refractivity contribution is 5.53. The van der Waals surface area contributed by atoms with Gasteiger partial charge < -0.3 is 14.8 Å². The summed E-state index contributed by atoms with van der Waals surface area (Å²) in [4.78, 5) is 0. The van der Waals surface area contributed by atoms with E-state index in [-0.39, 0.29) is 0 Å². The van der Waals surface area contributed by atoms with Crippen LogP contribution in [0, 0.1) is 0 Å². The molecule has 0 radical (unpaired) electrons. The molecule has 0 amide bonds.